The predicted octanol–water partition coefficient (Wildman–Crippen LogP) is 3.28. The van der Waals surface area contributed by atoms with Gasteiger partial charge in [0.25, 0.3) is 5.91 Å². The molecule has 25 heavy (non-hydrogen) atoms. The lowest BCUT2D eigenvalue weighted by atomic mass is 10.1. The molecule has 122 valence electrons. The van der Waals surface area contributed by atoms with Crippen LogP contribution in [0.3, 0.4) is 0 Å². The van der Waals surface area contributed by atoms with Crippen molar-refractivity contribution in [3.8, 4) is 11.5 Å². The SMILES string of the molecule is N=C1C(=Cc2ccc3c(c2)OCO3)C(=O)N=C2Sc3ccccc3N12. The maximum atomic E-state index is 12.4. The normalized spacial score (nSPS) is 19.1. The molecule has 5 rings (SSSR count). The smallest absolute Gasteiger partial charge is 0.283 e. The Kier molecular flexibility index (Phi) is 2.98. The molecule has 3 aliphatic rings. The molecular weight excluding hydrogens is 338 g/mol. The van der Waals surface area contributed by atoms with E-state index in [9.17, 15) is 4.79 Å². The third kappa shape index (κ3) is 2.16. The molecule has 6 nitrogen and oxygen atoms in total. The highest BCUT2D eigenvalue weighted by molar-refractivity contribution is 8.15. The molecule has 0 saturated carbocycles. The average molecular weight is 349 g/mol. The van der Waals surface area contributed by atoms with E-state index in [-0.39, 0.29) is 18.2 Å². The van der Waals surface area contributed by atoms with Gasteiger partial charge in [0.2, 0.25) is 6.79 Å². The second-order valence-electron chi connectivity index (χ2n) is 5.62. The molecular formula is C18H11N3O3S. The fourth-order valence-electron chi connectivity index (χ4n) is 2.93. The molecule has 1 amide bonds. The van der Waals surface area contributed by atoms with Gasteiger partial charge in [-0.3, -0.25) is 15.1 Å². The first-order chi connectivity index (χ1) is 12.2. The van der Waals surface area contributed by atoms with Crippen molar-refractivity contribution in [3.05, 3.63) is 53.6 Å². The van der Waals surface area contributed by atoms with Gasteiger partial charge in [0.1, 0.15) is 5.84 Å². The summed E-state index contributed by atoms with van der Waals surface area (Å²) >= 11 is 1.40. The van der Waals surface area contributed by atoms with Crippen LogP contribution < -0.4 is 14.4 Å². The fraction of sp³-hybridized carbons (Fsp3) is 0.0556. The zero-order valence-electron chi connectivity index (χ0n) is 12.9. The minimum absolute atomic E-state index is 0.130. The van der Waals surface area contributed by atoms with E-state index in [1.807, 2.05) is 30.3 Å². The van der Waals surface area contributed by atoms with Crippen LogP contribution in [0.15, 0.2) is 57.9 Å². The molecule has 7 heteroatoms. The monoisotopic (exact) mass is 349 g/mol. The van der Waals surface area contributed by atoms with E-state index in [1.165, 1.54) is 11.8 Å². The average Bonchev–Trinajstić information content (AvgIpc) is 3.21. The standard InChI is InChI=1S/C18H11N3O3S/c19-16-11(7-10-5-6-13-14(8-10)24-9-23-13)17(22)20-18-21(16)12-3-1-2-4-15(12)25-18/h1-8,19H,9H2. The number of benzene rings is 2. The number of anilines is 1. The minimum Gasteiger partial charge on any atom is -0.454 e. The van der Waals surface area contributed by atoms with Gasteiger partial charge in [-0.15, -0.1) is 0 Å². The van der Waals surface area contributed by atoms with Crippen LogP contribution in [0.2, 0.25) is 0 Å². The second kappa shape index (κ2) is 5.22. The van der Waals surface area contributed by atoms with E-state index < -0.39 is 5.91 Å². The van der Waals surface area contributed by atoms with Crippen molar-refractivity contribution in [2.24, 2.45) is 4.99 Å². The topological polar surface area (TPSA) is 75.0 Å². The number of carbonyl (C=O) groups excluding carboxylic acids is 1. The van der Waals surface area contributed by atoms with E-state index in [0.717, 1.165) is 16.1 Å². The maximum absolute atomic E-state index is 12.4. The Morgan fingerprint density at radius 2 is 2.00 bits per heavy atom. The summed E-state index contributed by atoms with van der Waals surface area (Å²) in [5.41, 5.74) is 1.89. The highest BCUT2D eigenvalue weighted by Gasteiger charge is 2.37. The third-order valence-corrected chi connectivity index (χ3v) is 5.13. The number of ether oxygens (including phenoxy) is 2. The van der Waals surface area contributed by atoms with Crippen molar-refractivity contribution in [1.29, 1.82) is 5.41 Å². The van der Waals surface area contributed by atoms with Gasteiger partial charge in [0, 0.05) is 4.90 Å². The summed E-state index contributed by atoms with van der Waals surface area (Å²) in [4.78, 5) is 19.3. The summed E-state index contributed by atoms with van der Waals surface area (Å²) in [5.74, 6) is 1.03. The number of thioether (sulfide) groups is 1. The molecule has 0 bridgehead atoms. The van der Waals surface area contributed by atoms with E-state index in [2.05, 4.69) is 4.99 Å². The van der Waals surface area contributed by atoms with Gasteiger partial charge in [-0.2, -0.15) is 4.99 Å². The van der Waals surface area contributed by atoms with Crippen molar-refractivity contribution < 1.29 is 14.3 Å². The van der Waals surface area contributed by atoms with Crippen LogP contribution in [-0.2, 0) is 4.79 Å². The molecule has 0 aromatic heterocycles. The molecule has 2 aromatic rings. The van der Waals surface area contributed by atoms with Gasteiger partial charge in [0.05, 0.1) is 11.3 Å². The van der Waals surface area contributed by atoms with Gasteiger partial charge in [-0.05, 0) is 47.7 Å². The number of carbonyl (C=O) groups is 1. The quantitative estimate of drug-likeness (QED) is 0.800. The van der Waals surface area contributed by atoms with E-state index in [4.69, 9.17) is 14.9 Å². The first-order valence-corrected chi connectivity index (χ1v) is 8.43. The van der Waals surface area contributed by atoms with Crippen LogP contribution in [0.5, 0.6) is 11.5 Å². The lowest BCUT2D eigenvalue weighted by Crippen LogP contribution is -2.39. The van der Waals surface area contributed by atoms with E-state index in [0.29, 0.717) is 16.7 Å². The van der Waals surface area contributed by atoms with Crippen molar-refractivity contribution in [1.82, 2.24) is 0 Å². The Morgan fingerprint density at radius 3 is 2.92 bits per heavy atom. The zero-order chi connectivity index (χ0) is 17.0. The van der Waals surface area contributed by atoms with Gasteiger partial charge in [-0.1, -0.05) is 18.2 Å². The summed E-state index contributed by atoms with van der Waals surface area (Å²) in [5, 5.41) is 9.05. The molecule has 0 atom stereocenters. The van der Waals surface area contributed by atoms with Crippen LogP contribution in [0.4, 0.5) is 5.69 Å². The molecule has 0 spiro atoms. The van der Waals surface area contributed by atoms with E-state index >= 15 is 0 Å². The van der Waals surface area contributed by atoms with Crippen LogP contribution in [0.25, 0.3) is 6.08 Å². The highest BCUT2D eigenvalue weighted by atomic mass is 32.2. The number of fused-ring (bicyclic) bond motifs is 4. The van der Waals surface area contributed by atoms with Crippen molar-refractivity contribution in [2.75, 3.05) is 11.7 Å². The maximum Gasteiger partial charge on any atom is 0.283 e. The van der Waals surface area contributed by atoms with Crippen molar-refractivity contribution in [2.45, 2.75) is 4.90 Å². The fourth-order valence-corrected chi connectivity index (χ4v) is 3.95. The zero-order valence-corrected chi connectivity index (χ0v) is 13.7. The molecule has 1 N–H and O–H groups in total. The number of hydrogen-bond donors (Lipinski definition) is 1. The minimum atomic E-state index is -0.408. The first kappa shape index (κ1) is 14.3. The molecule has 0 radical (unpaired) electrons. The molecule has 0 aliphatic carbocycles. The number of para-hydroxylation sites is 1. The largest absolute Gasteiger partial charge is 0.454 e. The van der Waals surface area contributed by atoms with Crippen LogP contribution >= 0.6 is 11.8 Å². The molecule has 0 fully saturated rings. The van der Waals surface area contributed by atoms with Crippen LogP contribution in [-0.4, -0.2) is 23.7 Å². The Hall–Kier alpha value is -3.06. The molecule has 3 heterocycles. The highest BCUT2D eigenvalue weighted by Crippen LogP contribution is 2.43. The van der Waals surface area contributed by atoms with Gasteiger partial charge < -0.3 is 9.47 Å². The molecule has 0 unspecified atom stereocenters. The van der Waals surface area contributed by atoms with E-state index in [1.54, 1.807) is 23.1 Å². The van der Waals surface area contributed by atoms with Gasteiger partial charge in [-0.25, -0.2) is 0 Å². The van der Waals surface area contributed by atoms with Crippen molar-refractivity contribution >= 4 is 40.4 Å². The summed E-state index contributed by atoms with van der Waals surface area (Å²) in [7, 11) is 0. The summed E-state index contributed by atoms with van der Waals surface area (Å²) in [6.45, 7) is 0.194. The third-order valence-electron chi connectivity index (χ3n) is 4.11. The van der Waals surface area contributed by atoms with Crippen LogP contribution in [0, 0.1) is 5.41 Å². The number of nitrogens with one attached hydrogen (secondary N) is 1. The molecule has 3 aliphatic heterocycles. The van der Waals surface area contributed by atoms with Gasteiger partial charge >= 0.3 is 0 Å². The number of hydrogen-bond acceptors (Lipinski definition) is 5. The Bertz CT molecular complexity index is 1010. The Labute approximate surface area is 147 Å². The predicted molar refractivity (Wildman–Crippen MR) is 95.5 cm³/mol. The van der Waals surface area contributed by atoms with Crippen molar-refractivity contribution in [3.63, 3.8) is 0 Å². The Balaban J connectivity index is 1.57. The molecule has 0 saturated heterocycles. The summed E-state index contributed by atoms with van der Waals surface area (Å²) in [6.07, 6.45) is 1.67. The number of amides is 1. The number of rotatable bonds is 1. The summed E-state index contributed by atoms with van der Waals surface area (Å²) in [6, 6.07) is 13.1. The number of aliphatic imine (C=N–C) groups is 1. The number of nitrogens with zero attached hydrogens (tertiary/aromatic N) is 2. The Morgan fingerprint density at radius 1 is 1.16 bits per heavy atom. The number of amidine groups is 2. The van der Waals surface area contributed by atoms with Gasteiger partial charge in [0.15, 0.2) is 16.7 Å². The molecule has 2 aromatic carbocycles. The first-order valence-electron chi connectivity index (χ1n) is 7.61. The lowest BCUT2D eigenvalue weighted by Gasteiger charge is -2.24. The second-order valence-corrected chi connectivity index (χ2v) is 6.63. The van der Waals surface area contributed by atoms with Crippen LogP contribution in [0.1, 0.15) is 5.56 Å². The summed E-state index contributed by atoms with van der Waals surface area (Å²) < 4.78 is 10.7. The lowest BCUT2D eigenvalue weighted by molar-refractivity contribution is -0.113.